The Labute approximate surface area is 190 Å². The Balaban J connectivity index is 1.86. The normalized spacial score (nSPS) is 15.3. The van der Waals surface area contributed by atoms with Crippen LogP contribution in [0.5, 0.6) is 5.75 Å². The first-order valence-electron chi connectivity index (χ1n) is 9.45. The van der Waals surface area contributed by atoms with Crippen LogP contribution in [0.15, 0.2) is 64.2 Å². The molecular weight excluding hydrogens is 482 g/mol. The van der Waals surface area contributed by atoms with Gasteiger partial charge in [-0.25, -0.2) is 0 Å². The maximum atomic E-state index is 12.4. The molecule has 0 aliphatic carbocycles. The van der Waals surface area contributed by atoms with Gasteiger partial charge in [0.25, 0.3) is 0 Å². The molecule has 0 fully saturated rings. The Bertz CT molecular complexity index is 1300. The van der Waals surface area contributed by atoms with Gasteiger partial charge in [0.2, 0.25) is 23.8 Å². The molecule has 0 saturated heterocycles. The summed E-state index contributed by atoms with van der Waals surface area (Å²) < 4.78 is 11.5. The van der Waals surface area contributed by atoms with Gasteiger partial charge in [-0.05, 0) is 16.8 Å². The van der Waals surface area contributed by atoms with Gasteiger partial charge in [0, 0.05) is 30.0 Å². The molecule has 0 saturated carbocycles. The molecule has 32 heavy (non-hydrogen) atoms. The minimum atomic E-state index is -0.906. The molecule has 1 heterocycles. The summed E-state index contributed by atoms with van der Waals surface area (Å²) >= 11 is 3.23. The molecule has 162 valence electrons. The van der Waals surface area contributed by atoms with Gasteiger partial charge < -0.3 is 9.47 Å². The quantitative estimate of drug-likeness (QED) is 0.224. The number of nitro groups is 1. The molecule has 0 aromatic heterocycles. The van der Waals surface area contributed by atoms with Crippen molar-refractivity contribution in [2.24, 2.45) is 5.10 Å². The number of nitro benzene ring substituents is 1. The first-order valence-corrected chi connectivity index (χ1v) is 10.2. The minimum Gasteiger partial charge on any atom is -0.446 e. The van der Waals surface area contributed by atoms with Crippen LogP contribution in [0.2, 0.25) is 0 Å². The smallest absolute Gasteiger partial charge is 0.313 e. The van der Waals surface area contributed by atoms with Gasteiger partial charge >= 0.3 is 11.7 Å². The standard InChI is InChI=1S/C22H16BrN3O6/c1-12(27)25-22(17-9-5-7-14-6-3-4-8-16(14)17)32-21(24-25)18-10-15(23)11-19(26(29)30)20(18)31-13(2)28/h3-11,22H,1-2H3/t22-/m1/s1. The van der Waals surface area contributed by atoms with Crippen molar-refractivity contribution in [2.75, 3.05) is 0 Å². The van der Waals surface area contributed by atoms with Crippen molar-refractivity contribution >= 4 is 50.2 Å². The largest absolute Gasteiger partial charge is 0.446 e. The predicted octanol–water partition coefficient (Wildman–Crippen LogP) is 4.67. The zero-order chi connectivity index (χ0) is 23.0. The van der Waals surface area contributed by atoms with Gasteiger partial charge in [-0.15, -0.1) is 5.10 Å². The van der Waals surface area contributed by atoms with E-state index in [0.29, 0.717) is 10.0 Å². The van der Waals surface area contributed by atoms with E-state index < -0.39 is 28.7 Å². The van der Waals surface area contributed by atoms with E-state index in [1.807, 2.05) is 42.5 Å². The molecule has 0 spiro atoms. The Morgan fingerprint density at radius 1 is 1.16 bits per heavy atom. The van der Waals surface area contributed by atoms with Crippen molar-refractivity contribution in [3.8, 4) is 5.75 Å². The lowest BCUT2D eigenvalue weighted by Gasteiger charge is -2.21. The Morgan fingerprint density at radius 3 is 2.56 bits per heavy atom. The third-order valence-electron chi connectivity index (χ3n) is 4.76. The summed E-state index contributed by atoms with van der Waals surface area (Å²) in [5, 5.41) is 18.8. The SMILES string of the molecule is CC(=O)Oc1c(C2=NN(C(C)=O)[C@@H](c3cccc4ccccc34)O2)cc(Br)cc1[N+](=O)[O-]. The molecule has 1 aliphatic heterocycles. The first-order chi connectivity index (χ1) is 15.3. The number of hydrazone groups is 1. The van der Waals surface area contributed by atoms with Crippen molar-refractivity contribution in [3.63, 3.8) is 0 Å². The number of halogens is 1. The zero-order valence-electron chi connectivity index (χ0n) is 16.9. The van der Waals surface area contributed by atoms with Crippen molar-refractivity contribution in [3.05, 3.63) is 80.3 Å². The fourth-order valence-electron chi connectivity index (χ4n) is 3.47. The number of nitrogens with zero attached hydrogens (tertiary/aromatic N) is 3. The number of hydrogen-bond donors (Lipinski definition) is 0. The van der Waals surface area contributed by atoms with Gasteiger partial charge in [0.1, 0.15) is 0 Å². The Morgan fingerprint density at radius 2 is 1.88 bits per heavy atom. The van der Waals surface area contributed by atoms with Gasteiger partial charge in [-0.1, -0.05) is 58.4 Å². The fraction of sp³-hybridized carbons (Fsp3) is 0.136. The highest BCUT2D eigenvalue weighted by molar-refractivity contribution is 9.10. The number of benzene rings is 3. The van der Waals surface area contributed by atoms with E-state index in [1.54, 1.807) is 0 Å². The molecule has 9 nitrogen and oxygen atoms in total. The lowest BCUT2D eigenvalue weighted by atomic mass is 10.0. The molecule has 0 N–H and O–H groups in total. The summed E-state index contributed by atoms with van der Waals surface area (Å²) in [6, 6.07) is 15.9. The molecule has 0 radical (unpaired) electrons. The predicted molar refractivity (Wildman–Crippen MR) is 119 cm³/mol. The van der Waals surface area contributed by atoms with Crippen LogP contribution in [-0.2, 0) is 14.3 Å². The fourth-order valence-corrected chi connectivity index (χ4v) is 3.91. The van der Waals surface area contributed by atoms with E-state index in [1.165, 1.54) is 19.1 Å². The van der Waals surface area contributed by atoms with E-state index in [2.05, 4.69) is 21.0 Å². The summed E-state index contributed by atoms with van der Waals surface area (Å²) in [5.41, 5.74) is 0.310. The van der Waals surface area contributed by atoms with Crippen LogP contribution in [0.3, 0.4) is 0 Å². The summed E-state index contributed by atoms with van der Waals surface area (Å²) in [5.74, 6) is -1.54. The van der Waals surface area contributed by atoms with Crippen LogP contribution < -0.4 is 4.74 Å². The average molecular weight is 498 g/mol. The molecule has 1 aliphatic rings. The second kappa shape index (κ2) is 8.39. The lowest BCUT2D eigenvalue weighted by Crippen LogP contribution is -2.25. The average Bonchev–Trinajstić information content (AvgIpc) is 3.19. The number of ether oxygens (including phenoxy) is 2. The van der Waals surface area contributed by atoms with Crippen LogP contribution in [0.4, 0.5) is 5.69 Å². The maximum absolute atomic E-state index is 12.4. The van der Waals surface area contributed by atoms with Crippen LogP contribution in [0.25, 0.3) is 10.8 Å². The van der Waals surface area contributed by atoms with Gasteiger partial charge in [0.15, 0.2) is 0 Å². The molecule has 0 bridgehead atoms. The number of carbonyl (C=O) groups excluding carboxylic acids is 2. The molecule has 1 amide bonds. The number of esters is 1. The molecule has 1 atom stereocenters. The Kier molecular flexibility index (Phi) is 5.62. The summed E-state index contributed by atoms with van der Waals surface area (Å²) in [6.07, 6.45) is -0.906. The number of carbonyl (C=O) groups is 2. The molecular formula is C22H16BrN3O6. The summed E-state index contributed by atoms with van der Waals surface area (Å²) in [4.78, 5) is 34.9. The summed E-state index contributed by atoms with van der Waals surface area (Å²) in [6.45, 7) is 2.47. The highest BCUT2D eigenvalue weighted by Crippen LogP contribution is 2.40. The zero-order valence-corrected chi connectivity index (χ0v) is 18.5. The van der Waals surface area contributed by atoms with E-state index in [-0.39, 0.29) is 17.2 Å². The number of fused-ring (bicyclic) bond motifs is 1. The van der Waals surface area contributed by atoms with E-state index in [9.17, 15) is 19.7 Å². The van der Waals surface area contributed by atoms with E-state index >= 15 is 0 Å². The number of hydrogen-bond acceptors (Lipinski definition) is 7. The minimum absolute atomic E-state index is 0.0651. The van der Waals surface area contributed by atoms with E-state index in [0.717, 1.165) is 22.7 Å². The third-order valence-corrected chi connectivity index (χ3v) is 5.22. The second-order valence-corrected chi connectivity index (χ2v) is 7.88. The maximum Gasteiger partial charge on any atom is 0.313 e. The van der Waals surface area contributed by atoms with Crippen LogP contribution in [-0.4, -0.2) is 27.7 Å². The number of amides is 1. The highest BCUT2D eigenvalue weighted by Gasteiger charge is 2.37. The molecule has 3 aromatic rings. The third kappa shape index (κ3) is 3.92. The monoisotopic (exact) mass is 497 g/mol. The van der Waals surface area contributed by atoms with Gasteiger partial charge in [0.05, 0.1) is 10.5 Å². The van der Waals surface area contributed by atoms with Crippen molar-refractivity contribution < 1.29 is 24.0 Å². The highest BCUT2D eigenvalue weighted by atomic mass is 79.9. The van der Waals surface area contributed by atoms with Crippen LogP contribution >= 0.6 is 15.9 Å². The lowest BCUT2D eigenvalue weighted by molar-refractivity contribution is -0.385. The second-order valence-electron chi connectivity index (χ2n) is 6.96. The van der Waals surface area contributed by atoms with Gasteiger partial charge in [-0.2, -0.15) is 5.01 Å². The van der Waals surface area contributed by atoms with Crippen molar-refractivity contribution in [1.29, 1.82) is 0 Å². The van der Waals surface area contributed by atoms with Crippen LogP contribution in [0, 0.1) is 10.1 Å². The van der Waals surface area contributed by atoms with Crippen LogP contribution in [0.1, 0.15) is 31.2 Å². The van der Waals surface area contributed by atoms with Crippen molar-refractivity contribution in [1.82, 2.24) is 5.01 Å². The summed E-state index contributed by atoms with van der Waals surface area (Å²) in [7, 11) is 0. The first kappa shape index (κ1) is 21.4. The van der Waals surface area contributed by atoms with Crippen molar-refractivity contribution in [2.45, 2.75) is 20.1 Å². The molecule has 4 rings (SSSR count). The Hall–Kier alpha value is -3.79. The molecule has 10 heteroatoms. The van der Waals surface area contributed by atoms with Gasteiger partial charge in [-0.3, -0.25) is 19.7 Å². The molecule has 0 unspecified atom stereocenters. The number of rotatable bonds is 4. The topological polar surface area (TPSA) is 111 Å². The van der Waals surface area contributed by atoms with E-state index in [4.69, 9.17) is 9.47 Å². The molecule has 3 aromatic carbocycles.